The number of alkyl halides is 3. The summed E-state index contributed by atoms with van der Waals surface area (Å²) in [6.07, 6.45) is -1.35. The molecule has 0 aliphatic rings. The summed E-state index contributed by atoms with van der Waals surface area (Å²) in [4.78, 5) is -0.283. The van der Waals surface area contributed by atoms with Crippen molar-refractivity contribution in [2.75, 3.05) is 0 Å². The first-order valence-corrected chi connectivity index (χ1v) is 6.49. The second-order valence-electron chi connectivity index (χ2n) is 3.70. The Labute approximate surface area is 125 Å². The Morgan fingerprint density at radius 1 is 1.37 bits per heavy atom. The summed E-state index contributed by atoms with van der Waals surface area (Å²) in [5.41, 5.74) is 4.57. The van der Waals surface area contributed by atoms with Gasteiger partial charge in [0.15, 0.2) is 0 Å². The molecule has 0 radical (unpaired) electrons. The number of benzene rings is 1. The Hall–Kier alpha value is -1.16. The molecular weight excluding hydrogens is 390 g/mol. The van der Waals surface area contributed by atoms with Crippen LogP contribution < -0.4 is 5.73 Å². The second-order valence-corrected chi connectivity index (χ2v) is 5.38. The maximum absolute atomic E-state index is 13.0. The SMILES string of the molecule is NC(=S)c1ccc(-n2cc(I)cn2)cc1C(F)(F)F. The lowest BCUT2D eigenvalue weighted by atomic mass is 10.1. The summed E-state index contributed by atoms with van der Waals surface area (Å²) in [5.74, 6) is 0. The Kier molecular flexibility index (Phi) is 3.81. The lowest BCUT2D eigenvalue weighted by Gasteiger charge is -2.13. The molecule has 8 heteroatoms. The summed E-state index contributed by atoms with van der Waals surface area (Å²) in [7, 11) is 0. The van der Waals surface area contributed by atoms with Crippen molar-refractivity contribution in [3.05, 3.63) is 45.3 Å². The first-order valence-electron chi connectivity index (χ1n) is 5.00. The second kappa shape index (κ2) is 5.08. The number of rotatable bonds is 2. The fraction of sp³-hybridized carbons (Fsp3) is 0.0909. The van der Waals surface area contributed by atoms with Crippen LogP contribution in [0.25, 0.3) is 5.69 Å². The quantitative estimate of drug-likeness (QED) is 0.626. The van der Waals surface area contributed by atoms with E-state index in [4.69, 9.17) is 5.73 Å². The molecule has 3 nitrogen and oxygen atoms in total. The number of nitrogens with two attached hydrogens (primary N) is 1. The Morgan fingerprint density at radius 3 is 2.53 bits per heavy atom. The van der Waals surface area contributed by atoms with Gasteiger partial charge in [0, 0.05) is 11.8 Å². The average molecular weight is 397 g/mol. The van der Waals surface area contributed by atoms with Gasteiger partial charge in [0.2, 0.25) is 0 Å². The van der Waals surface area contributed by atoms with Gasteiger partial charge in [-0.05, 0) is 40.8 Å². The average Bonchev–Trinajstić information content (AvgIpc) is 2.74. The summed E-state index contributed by atoms with van der Waals surface area (Å²) < 4.78 is 41.1. The standard InChI is InChI=1S/C11H7F3IN3S/c12-11(13,14)9-3-7(1-2-8(9)10(16)19)18-5-6(15)4-17-18/h1-5H,(H2,16,19). The molecule has 0 bridgehead atoms. The van der Waals surface area contributed by atoms with Crippen LogP contribution in [0.2, 0.25) is 0 Å². The highest BCUT2D eigenvalue weighted by Gasteiger charge is 2.34. The number of aromatic nitrogens is 2. The van der Waals surface area contributed by atoms with Gasteiger partial charge >= 0.3 is 6.18 Å². The van der Waals surface area contributed by atoms with Gasteiger partial charge in [-0.1, -0.05) is 12.2 Å². The smallest absolute Gasteiger partial charge is 0.389 e. The molecule has 2 rings (SSSR count). The minimum Gasteiger partial charge on any atom is -0.389 e. The molecule has 0 saturated carbocycles. The molecule has 0 spiro atoms. The van der Waals surface area contributed by atoms with Gasteiger partial charge in [0.25, 0.3) is 0 Å². The molecule has 1 aromatic heterocycles. The molecule has 2 aromatic rings. The zero-order valence-corrected chi connectivity index (χ0v) is 12.3. The van der Waals surface area contributed by atoms with Crippen molar-refractivity contribution in [3.63, 3.8) is 0 Å². The van der Waals surface area contributed by atoms with Gasteiger partial charge in [-0.2, -0.15) is 18.3 Å². The van der Waals surface area contributed by atoms with E-state index in [1.54, 1.807) is 12.4 Å². The third-order valence-corrected chi connectivity index (χ3v) is 3.17. The van der Waals surface area contributed by atoms with E-state index < -0.39 is 11.7 Å². The van der Waals surface area contributed by atoms with Crippen LogP contribution in [0.1, 0.15) is 11.1 Å². The Morgan fingerprint density at radius 2 is 2.05 bits per heavy atom. The van der Waals surface area contributed by atoms with Crippen LogP contribution >= 0.6 is 34.8 Å². The van der Waals surface area contributed by atoms with Crippen molar-refractivity contribution in [1.82, 2.24) is 9.78 Å². The van der Waals surface area contributed by atoms with Gasteiger partial charge < -0.3 is 5.73 Å². The molecule has 0 amide bonds. The van der Waals surface area contributed by atoms with Crippen molar-refractivity contribution in [2.24, 2.45) is 5.73 Å². The molecule has 0 saturated heterocycles. The fourth-order valence-electron chi connectivity index (χ4n) is 1.57. The van der Waals surface area contributed by atoms with Gasteiger partial charge in [0.1, 0.15) is 4.99 Å². The van der Waals surface area contributed by atoms with Gasteiger partial charge in [0.05, 0.1) is 21.0 Å². The molecule has 0 aliphatic heterocycles. The van der Waals surface area contributed by atoms with E-state index >= 15 is 0 Å². The van der Waals surface area contributed by atoms with Crippen LogP contribution in [-0.2, 0) is 6.18 Å². The van der Waals surface area contributed by atoms with E-state index in [1.807, 2.05) is 22.6 Å². The topological polar surface area (TPSA) is 43.8 Å². The van der Waals surface area contributed by atoms with Crippen molar-refractivity contribution >= 4 is 39.8 Å². The van der Waals surface area contributed by atoms with E-state index in [9.17, 15) is 13.2 Å². The Balaban J connectivity index is 2.59. The summed E-state index contributed by atoms with van der Waals surface area (Å²) >= 11 is 6.66. The molecule has 1 heterocycles. The van der Waals surface area contributed by atoms with Gasteiger partial charge in [-0.15, -0.1) is 0 Å². The summed E-state index contributed by atoms with van der Waals surface area (Å²) in [5, 5.41) is 3.96. The van der Waals surface area contributed by atoms with E-state index in [0.29, 0.717) is 5.69 Å². The maximum Gasteiger partial charge on any atom is 0.417 e. The molecule has 2 N–H and O–H groups in total. The van der Waals surface area contributed by atoms with Crippen LogP contribution in [0.15, 0.2) is 30.6 Å². The molecule has 0 atom stereocenters. The highest BCUT2D eigenvalue weighted by molar-refractivity contribution is 14.1. The first kappa shape index (κ1) is 14.3. The fourth-order valence-corrected chi connectivity index (χ4v) is 2.13. The summed E-state index contributed by atoms with van der Waals surface area (Å²) in [6.45, 7) is 0. The monoisotopic (exact) mass is 397 g/mol. The third-order valence-electron chi connectivity index (χ3n) is 2.39. The first-order chi connectivity index (χ1) is 8.79. The highest BCUT2D eigenvalue weighted by atomic mass is 127. The van der Waals surface area contributed by atoms with Crippen molar-refractivity contribution < 1.29 is 13.2 Å². The van der Waals surface area contributed by atoms with E-state index in [-0.39, 0.29) is 10.6 Å². The largest absolute Gasteiger partial charge is 0.417 e. The van der Waals surface area contributed by atoms with E-state index in [2.05, 4.69) is 17.3 Å². The Bertz CT molecular complexity index is 636. The lowest BCUT2D eigenvalue weighted by molar-refractivity contribution is -0.137. The molecule has 1 aromatic carbocycles. The number of hydrogen-bond acceptors (Lipinski definition) is 2. The van der Waals surface area contributed by atoms with Gasteiger partial charge in [-0.25, -0.2) is 4.68 Å². The number of nitrogens with zero attached hydrogens (tertiary/aromatic N) is 2. The minimum atomic E-state index is -4.52. The summed E-state index contributed by atoms with van der Waals surface area (Å²) in [6, 6.07) is 3.74. The molecule has 100 valence electrons. The molecule has 19 heavy (non-hydrogen) atoms. The number of halogens is 4. The minimum absolute atomic E-state index is 0.187. The number of hydrogen-bond donors (Lipinski definition) is 1. The number of thiocarbonyl (C=S) groups is 1. The normalized spacial score (nSPS) is 11.6. The van der Waals surface area contributed by atoms with Crippen LogP contribution in [0.3, 0.4) is 0 Å². The van der Waals surface area contributed by atoms with Crippen LogP contribution in [0, 0.1) is 3.57 Å². The third kappa shape index (κ3) is 3.06. The van der Waals surface area contributed by atoms with E-state index in [0.717, 1.165) is 9.64 Å². The predicted molar refractivity (Wildman–Crippen MR) is 77.2 cm³/mol. The molecular formula is C11H7F3IN3S. The lowest BCUT2D eigenvalue weighted by Crippen LogP contribution is -2.18. The van der Waals surface area contributed by atoms with E-state index in [1.165, 1.54) is 16.8 Å². The zero-order chi connectivity index (χ0) is 14.2. The predicted octanol–water partition coefficient (Wildman–Crippen LogP) is 3.13. The zero-order valence-electron chi connectivity index (χ0n) is 9.28. The van der Waals surface area contributed by atoms with Crippen molar-refractivity contribution in [3.8, 4) is 5.69 Å². The maximum atomic E-state index is 13.0. The van der Waals surface area contributed by atoms with Crippen molar-refractivity contribution in [1.29, 1.82) is 0 Å². The van der Waals surface area contributed by atoms with Crippen molar-refractivity contribution in [2.45, 2.75) is 6.18 Å². The van der Waals surface area contributed by atoms with Crippen LogP contribution in [-0.4, -0.2) is 14.8 Å². The molecule has 0 unspecified atom stereocenters. The van der Waals surface area contributed by atoms with Crippen LogP contribution in [0.5, 0.6) is 0 Å². The molecule has 0 aliphatic carbocycles. The van der Waals surface area contributed by atoms with Gasteiger partial charge in [-0.3, -0.25) is 0 Å². The molecule has 0 fully saturated rings. The van der Waals surface area contributed by atoms with Crippen LogP contribution in [0.4, 0.5) is 13.2 Å². The highest BCUT2D eigenvalue weighted by Crippen LogP contribution is 2.33.